The van der Waals surface area contributed by atoms with Crippen LogP contribution in [-0.2, 0) is 22.1 Å². The minimum atomic E-state index is -4.60. The number of alkyl halides is 3. The van der Waals surface area contributed by atoms with E-state index in [-0.39, 0.29) is 23.9 Å². The molecule has 152 valence electrons. The number of anilines is 2. The molecule has 1 saturated heterocycles. The SMILES string of the molecule is O=C(Cc1ccc(Nc2cc(C(F)(F)F)nc3ncnn23)cc1)N1CCOCC1. The summed E-state index contributed by atoms with van der Waals surface area (Å²) in [6.45, 7) is 2.24. The molecule has 2 aromatic heterocycles. The number of fused-ring (bicyclic) bond motifs is 1. The van der Waals surface area contributed by atoms with Crippen molar-refractivity contribution in [1.29, 1.82) is 0 Å². The number of nitrogens with zero attached hydrogens (tertiary/aromatic N) is 5. The standard InChI is InChI=1S/C18H17F3N6O2/c19-18(20,21)14-10-15(27-17(25-14)22-11-23-27)24-13-3-1-12(2-4-13)9-16(28)26-5-7-29-8-6-26/h1-4,10-11,24H,5-9H2. The second kappa shape index (κ2) is 7.66. The molecule has 0 radical (unpaired) electrons. The van der Waals surface area contributed by atoms with Gasteiger partial charge in [0.25, 0.3) is 5.78 Å². The Morgan fingerprint density at radius 3 is 2.59 bits per heavy atom. The Hall–Kier alpha value is -3.21. The first-order valence-electron chi connectivity index (χ1n) is 8.89. The summed E-state index contributed by atoms with van der Waals surface area (Å²) in [6.07, 6.45) is -3.22. The molecule has 1 aromatic carbocycles. The van der Waals surface area contributed by atoms with Crippen molar-refractivity contribution < 1.29 is 22.7 Å². The third-order valence-electron chi connectivity index (χ3n) is 4.49. The molecule has 29 heavy (non-hydrogen) atoms. The Kier molecular flexibility index (Phi) is 5.05. The van der Waals surface area contributed by atoms with E-state index < -0.39 is 11.9 Å². The number of morpholine rings is 1. The fourth-order valence-corrected chi connectivity index (χ4v) is 3.00. The van der Waals surface area contributed by atoms with Crippen LogP contribution in [0.2, 0.25) is 0 Å². The number of carbonyl (C=O) groups excluding carboxylic acids is 1. The maximum atomic E-state index is 13.1. The van der Waals surface area contributed by atoms with Gasteiger partial charge in [-0.05, 0) is 17.7 Å². The largest absolute Gasteiger partial charge is 0.433 e. The molecular weight excluding hydrogens is 389 g/mol. The average Bonchev–Trinajstić information content (AvgIpc) is 3.18. The topological polar surface area (TPSA) is 84.7 Å². The van der Waals surface area contributed by atoms with Crippen molar-refractivity contribution in [3.05, 3.63) is 47.9 Å². The summed E-state index contributed by atoms with van der Waals surface area (Å²) in [5.41, 5.74) is 0.292. The number of halogens is 3. The molecule has 0 aliphatic carbocycles. The molecular formula is C18H17F3N6O2. The molecule has 1 aliphatic heterocycles. The van der Waals surface area contributed by atoms with Crippen molar-refractivity contribution in [2.24, 2.45) is 0 Å². The van der Waals surface area contributed by atoms with Gasteiger partial charge in [-0.3, -0.25) is 4.79 Å². The van der Waals surface area contributed by atoms with Crippen molar-refractivity contribution >= 4 is 23.2 Å². The highest BCUT2D eigenvalue weighted by Gasteiger charge is 2.34. The summed E-state index contributed by atoms with van der Waals surface area (Å²) in [6, 6.07) is 7.77. The highest BCUT2D eigenvalue weighted by Crippen LogP contribution is 2.30. The lowest BCUT2D eigenvalue weighted by atomic mass is 10.1. The summed E-state index contributed by atoms with van der Waals surface area (Å²) < 4.78 is 45.7. The minimum absolute atomic E-state index is 0.0160. The molecule has 1 amide bonds. The molecule has 1 aliphatic rings. The quantitative estimate of drug-likeness (QED) is 0.716. The Bertz CT molecular complexity index is 1010. The second-order valence-electron chi connectivity index (χ2n) is 6.49. The lowest BCUT2D eigenvalue weighted by Gasteiger charge is -2.26. The number of nitrogens with one attached hydrogen (secondary N) is 1. The van der Waals surface area contributed by atoms with Gasteiger partial charge in [-0.1, -0.05) is 12.1 Å². The van der Waals surface area contributed by atoms with E-state index in [1.807, 2.05) is 0 Å². The zero-order valence-corrected chi connectivity index (χ0v) is 15.2. The smallest absolute Gasteiger partial charge is 0.378 e. The van der Waals surface area contributed by atoms with Crippen molar-refractivity contribution in [1.82, 2.24) is 24.5 Å². The van der Waals surface area contributed by atoms with Gasteiger partial charge in [-0.25, -0.2) is 4.98 Å². The van der Waals surface area contributed by atoms with Gasteiger partial charge in [0.1, 0.15) is 12.1 Å². The lowest BCUT2D eigenvalue weighted by molar-refractivity contribution is -0.141. The normalized spacial score (nSPS) is 14.9. The summed E-state index contributed by atoms with van der Waals surface area (Å²) in [7, 11) is 0. The lowest BCUT2D eigenvalue weighted by Crippen LogP contribution is -2.41. The highest BCUT2D eigenvalue weighted by atomic mass is 19.4. The molecule has 8 nitrogen and oxygen atoms in total. The molecule has 11 heteroatoms. The van der Waals surface area contributed by atoms with Crippen LogP contribution in [-0.4, -0.2) is 56.7 Å². The van der Waals surface area contributed by atoms with Crippen molar-refractivity contribution in [3.8, 4) is 0 Å². The van der Waals surface area contributed by atoms with Gasteiger partial charge < -0.3 is 15.0 Å². The Labute approximate surface area is 163 Å². The van der Waals surface area contributed by atoms with Gasteiger partial charge in [0.2, 0.25) is 5.91 Å². The molecule has 1 fully saturated rings. The third-order valence-corrected chi connectivity index (χ3v) is 4.49. The number of amides is 1. The van der Waals surface area contributed by atoms with Crippen LogP contribution in [0.15, 0.2) is 36.7 Å². The van der Waals surface area contributed by atoms with Gasteiger partial charge >= 0.3 is 6.18 Å². The van der Waals surface area contributed by atoms with Crippen LogP contribution in [0.5, 0.6) is 0 Å². The number of aromatic nitrogens is 4. The first kappa shape index (κ1) is 19.1. The number of rotatable bonds is 4. The molecule has 3 aromatic rings. The Morgan fingerprint density at radius 1 is 1.17 bits per heavy atom. The van der Waals surface area contributed by atoms with Gasteiger partial charge in [0.15, 0.2) is 5.69 Å². The fourth-order valence-electron chi connectivity index (χ4n) is 3.00. The minimum Gasteiger partial charge on any atom is -0.378 e. The van der Waals surface area contributed by atoms with Gasteiger partial charge in [-0.15, -0.1) is 0 Å². The van der Waals surface area contributed by atoms with Crippen LogP contribution in [0.4, 0.5) is 24.7 Å². The molecule has 0 atom stereocenters. The summed E-state index contributed by atoms with van der Waals surface area (Å²) in [4.78, 5) is 21.3. The van der Waals surface area contributed by atoms with Crippen molar-refractivity contribution in [2.75, 3.05) is 31.6 Å². The number of hydrogen-bond acceptors (Lipinski definition) is 6. The average molecular weight is 406 g/mol. The van der Waals surface area contributed by atoms with Crippen LogP contribution < -0.4 is 5.32 Å². The van der Waals surface area contributed by atoms with Crippen molar-refractivity contribution in [2.45, 2.75) is 12.6 Å². The number of hydrogen-bond donors (Lipinski definition) is 1. The molecule has 0 saturated carbocycles. The zero-order chi connectivity index (χ0) is 20.4. The predicted octanol–water partition coefficient (Wildman–Crippen LogP) is 2.29. The zero-order valence-electron chi connectivity index (χ0n) is 15.2. The van der Waals surface area contributed by atoms with E-state index in [2.05, 4.69) is 20.4 Å². The molecule has 4 rings (SSSR count). The monoisotopic (exact) mass is 406 g/mol. The molecule has 0 bridgehead atoms. The molecule has 1 N–H and O–H groups in total. The van der Waals surface area contributed by atoms with Crippen molar-refractivity contribution in [3.63, 3.8) is 0 Å². The predicted molar refractivity (Wildman–Crippen MR) is 96.6 cm³/mol. The highest BCUT2D eigenvalue weighted by molar-refractivity contribution is 5.79. The van der Waals surface area contributed by atoms with E-state index in [4.69, 9.17) is 4.74 Å². The number of carbonyl (C=O) groups is 1. The van der Waals surface area contributed by atoms with E-state index in [0.717, 1.165) is 18.0 Å². The first-order chi connectivity index (χ1) is 13.9. The Balaban J connectivity index is 1.50. The fraction of sp³-hybridized carbons (Fsp3) is 0.333. The van der Waals surface area contributed by atoms with Gasteiger partial charge in [0, 0.05) is 24.8 Å². The van der Waals surface area contributed by atoms with Gasteiger partial charge in [-0.2, -0.15) is 27.8 Å². The maximum absolute atomic E-state index is 13.1. The van der Waals surface area contributed by atoms with Crippen LogP contribution in [0, 0.1) is 0 Å². The van der Waals surface area contributed by atoms with E-state index in [0.29, 0.717) is 32.0 Å². The summed E-state index contributed by atoms with van der Waals surface area (Å²) in [5.74, 6) is -0.0608. The van der Waals surface area contributed by atoms with Crippen LogP contribution in [0.25, 0.3) is 5.78 Å². The van der Waals surface area contributed by atoms with E-state index in [1.165, 1.54) is 4.52 Å². The second-order valence-corrected chi connectivity index (χ2v) is 6.49. The number of benzene rings is 1. The Morgan fingerprint density at radius 2 is 1.90 bits per heavy atom. The van der Waals surface area contributed by atoms with Crippen LogP contribution in [0.1, 0.15) is 11.3 Å². The number of ether oxygens (including phenoxy) is 1. The van der Waals surface area contributed by atoms with Gasteiger partial charge in [0.05, 0.1) is 19.6 Å². The van der Waals surface area contributed by atoms with E-state index >= 15 is 0 Å². The first-order valence-corrected chi connectivity index (χ1v) is 8.89. The molecule has 3 heterocycles. The van der Waals surface area contributed by atoms with E-state index in [1.54, 1.807) is 29.2 Å². The summed E-state index contributed by atoms with van der Waals surface area (Å²) >= 11 is 0. The van der Waals surface area contributed by atoms with Crippen LogP contribution >= 0.6 is 0 Å². The van der Waals surface area contributed by atoms with Crippen LogP contribution in [0.3, 0.4) is 0 Å². The maximum Gasteiger partial charge on any atom is 0.433 e. The summed E-state index contributed by atoms with van der Waals surface area (Å²) in [5, 5.41) is 6.80. The van der Waals surface area contributed by atoms with E-state index in [9.17, 15) is 18.0 Å². The molecule has 0 unspecified atom stereocenters. The third kappa shape index (κ3) is 4.29. The molecule has 0 spiro atoms.